The van der Waals surface area contributed by atoms with Crippen LogP contribution in [0.1, 0.15) is 24.3 Å². The molecule has 1 aromatic heterocycles. The Morgan fingerprint density at radius 2 is 2.42 bits per heavy atom. The van der Waals surface area contributed by atoms with Crippen LogP contribution in [0.5, 0.6) is 0 Å². The van der Waals surface area contributed by atoms with Crippen LogP contribution in [0.15, 0.2) is 17.5 Å². The zero-order valence-electron chi connectivity index (χ0n) is 10.5. The number of carbonyl (C=O) groups is 2. The molecule has 2 atom stereocenters. The van der Waals surface area contributed by atoms with E-state index in [2.05, 4.69) is 5.32 Å². The van der Waals surface area contributed by atoms with Gasteiger partial charge >= 0.3 is 12.0 Å². The van der Waals surface area contributed by atoms with Crippen molar-refractivity contribution in [1.82, 2.24) is 10.2 Å². The van der Waals surface area contributed by atoms with Gasteiger partial charge < -0.3 is 15.3 Å². The third-order valence-corrected chi connectivity index (χ3v) is 5.02. The van der Waals surface area contributed by atoms with E-state index in [1.54, 1.807) is 11.3 Å². The molecule has 1 aliphatic rings. The van der Waals surface area contributed by atoms with Gasteiger partial charge in [-0.2, -0.15) is 0 Å². The van der Waals surface area contributed by atoms with Gasteiger partial charge in [-0.05, 0) is 17.9 Å². The molecule has 0 radical (unpaired) electrons. The van der Waals surface area contributed by atoms with Crippen LogP contribution in [0, 0.1) is 0 Å². The maximum Gasteiger partial charge on any atom is 0.327 e. The zero-order valence-corrected chi connectivity index (χ0v) is 12.2. The highest BCUT2D eigenvalue weighted by atomic mass is 32.2. The molecule has 2 N–H and O–H groups in total. The van der Waals surface area contributed by atoms with Crippen molar-refractivity contribution in [2.24, 2.45) is 0 Å². The fraction of sp³-hybridized carbons (Fsp3) is 0.500. The molecule has 0 bridgehead atoms. The minimum Gasteiger partial charge on any atom is -0.480 e. The molecule has 0 saturated carbocycles. The summed E-state index contributed by atoms with van der Waals surface area (Å²) in [5.41, 5.74) is 0. The third kappa shape index (κ3) is 3.22. The van der Waals surface area contributed by atoms with E-state index >= 15 is 0 Å². The van der Waals surface area contributed by atoms with E-state index in [9.17, 15) is 9.59 Å². The van der Waals surface area contributed by atoms with Gasteiger partial charge in [0.15, 0.2) is 0 Å². The van der Waals surface area contributed by atoms with Crippen LogP contribution in [-0.2, 0) is 4.79 Å². The number of thiophene rings is 1. The van der Waals surface area contributed by atoms with Crippen molar-refractivity contribution in [3.63, 3.8) is 0 Å². The highest BCUT2D eigenvalue weighted by Crippen LogP contribution is 2.25. The summed E-state index contributed by atoms with van der Waals surface area (Å²) in [6.45, 7) is 2.00. The van der Waals surface area contributed by atoms with Crippen LogP contribution in [-0.4, -0.2) is 39.7 Å². The van der Waals surface area contributed by atoms with Crippen molar-refractivity contribution >= 4 is 35.1 Å². The Labute approximate surface area is 120 Å². The number of carboxylic acids is 1. The van der Waals surface area contributed by atoms with E-state index in [-0.39, 0.29) is 12.1 Å². The van der Waals surface area contributed by atoms with Crippen molar-refractivity contribution in [3.05, 3.63) is 22.4 Å². The van der Waals surface area contributed by atoms with Gasteiger partial charge in [-0.1, -0.05) is 13.0 Å². The average molecular weight is 300 g/mol. The fourth-order valence-corrected chi connectivity index (χ4v) is 3.95. The van der Waals surface area contributed by atoms with E-state index in [4.69, 9.17) is 5.11 Å². The third-order valence-electron chi connectivity index (χ3n) is 3.02. The summed E-state index contributed by atoms with van der Waals surface area (Å²) in [6.07, 6.45) is 0.783. The van der Waals surface area contributed by atoms with E-state index in [0.717, 1.165) is 11.3 Å². The van der Waals surface area contributed by atoms with Crippen molar-refractivity contribution in [1.29, 1.82) is 0 Å². The van der Waals surface area contributed by atoms with Gasteiger partial charge in [0.05, 0.1) is 11.9 Å². The fourth-order valence-electron chi connectivity index (χ4n) is 1.94. The Morgan fingerprint density at radius 3 is 3.00 bits per heavy atom. The van der Waals surface area contributed by atoms with Crippen molar-refractivity contribution in [2.75, 3.05) is 11.6 Å². The minimum absolute atomic E-state index is 0.0486. The number of nitrogens with zero attached hydrogens (tertiary/aromatic N) is 1. The second-order valence-electron chi connectivity index (χ2n) is 4.25. The van der Waals surface area contributed by atoms with E-state index in [1.165, 1.54) is 16.7 Å². The quantitative estimate of drug-likeness (QED) is 0.895. The second kappa shape index (κ2) is 6.29. The SMILES string of the molecule is CCC(NC(=O)N1CSCC1C(=O)O)c1cccs1. The second-order valence-corrected chi connectivity index (χ2v) is 6.23. The van der Waals surface area contributed by atoms with Gasteiger partial charge in [-0.15, -0.1) is 23.1 Å². The zero-order chi connectivity index (χ0) is 13.8. The number of urea groups is 1. The molecule has 2 rings (SSSR count). The Hall–Kier alpha value is -1.21. The molecule has 0 aliphatic carbocycles. The number of hydrogen-bond acceptors (Lipinski definition) is 4. The Kier molecular flexibility index (Phi) is 4.71. The molecule has 104 valence electrons. The van der Waals surface area contributed by atoms with Gasteiger partial charge in [-0.3, -0.25) is 0 Å². The molecule has 1 fully saturated rings. The van der Waals surface area contributed by atoms with Crippen LogP contribution in [0.25, 0.3) is 0 Å². The van der Waals surface area contributed by atoms with Crippen LogP contribution in [0.2, 0.25) is 0 Å². The van der Waals surface area contributed by atoms with Crippen molar-refractivity contribution in [2.45, 2.75) is 25.4 Å². The summed E-state index contributed by atoms with van der Waals surface area (Å²) in [7, 11) is 0. The van der Waals surface area contributed by atoms with Crippen LogP contribution in [0.3, 0.4) is 0 Å². The number of hydrogen-bond donors (Lipinski definition) is 2. The molecule has 19 heavy (non-hydrogen) atoms. The van der Waals surface area contributed by atoms with Crippen LogP contribution < -0.4 is 5.32 Å². The van der Waals surface area contributed by atoms with Crippen LogP contribution >= 0.6 is 23.1 Å². The average Bonchev–Trinajstić information content (AvgIpc) is 3.05. The highest BCUT2D eigenvalue weighted by molar-refractivity contribution is 7.99. The Balaban J connectivity index is 2.02. The van der Waals surface area contributed by atoms with Gasteiger partial charge in [-0.25, -0.2) is 9.59 Å². The molecule has 5 nitrogen and oxygen atoms in total. The summed E-state index contributed by atoms with van der Waals surface area (Å²) >= 11 is 3.06. The maximum atomic E-state index is 12.2. The molecular weight excluding hydrogens is 284 g/mol. The standard InChI is InChI=1S/C12H16N2O3S2/c1-2-8(10-4-3-5-19-10)13-12(17)14-7-18-6-9(14)11(15)16/h3-5,8-9H,2,6-7H2,1H3,(H,13,17)(H,15,16). The molecule has 1 aliphatic heterocycles. The molecule has 1 aromatic rings. The number of aliphatic carboxylic acids is 1. The lowest BCUT2D eigenvalue weighted by Crippen LogP contribution is -2.47. The molecule has 7 heteroatoms. The van der Waals surface area contributed by atoms with Crippen LogP contribution in [0.4, 0.5) is 4.79 Å². The predicted octanol–water partition coefficient (Wildman–Crippen LogP) is 2.37. The number of carboxylic acid groups (broad SMARTS) is 1. The highest BCUT2D eigenvalue weighted by Gasteiger charge is 2.35. The predicted molar refractivity (Wildman–Crippen MR) is 76.5 cm³/mol. The van der Waals surface area contributed by atoms with Gasteiger partial charge in [0, 0.05) is 10.6 Å². The summed E-state index contributed by atoms with van der Waals surface area (Å²) in [6, 6.07) is 2.86. The largest absolute Gasteiger partial charge is 0.480 e. The van der Waals surface area contributed by atoms with E-state index in [0.29, 0.717) is 11.6 Å². The molecule has 2 unspecified atom stereocenters. The van der Waals surface area contributed by atoms with Crippen molar-refractivity contribution in [3.8, 4) is 0 Å². The first-order chi connectivity index (χ1) is 9.13. The molecular formula is C12H16N2O3S2. The smallest absolute Gasteiger partial charge is 0.327 e. The number of rotatable bonds is 4. The summed E-state index contributed by atoms with van der Waals surface area (Å²) in [5, 5.41) is 14.0. The first-order valence-electron chi connectivity index (χ1n) is 6.04. The molecule has 2 amide bonds. The molecule has 0 spiro atoms. The number of nitrogens with one attached hydrogen (secondary N) is 1. The Bertz CT molecular complexity index is 450. The lowest BCUT2D eigenvalue weighted by atomic mass is 10.2. The lowest BCUT2D eigenvalue weighted by Gasteiger charge is -2.24. The number of amides is 2. The summed E-state index contributed by atoms with van der Waals surface area (Å²) in [4.78, 5) is 25.7. The number of thioether (sulfide) groups is 1. The van der Waals surface area contributed by atoms with E-state index < -0.39 is 12.0 Å². The first kappa shape index (κ1) is 14.2. The topological polar surface area (TPSA) is 69.6 Å². The first-order valence-corrected chi connectivity index (χ1v) is 8.08. The van der Waals surface area contributed by atoms with Gasteiger partial charge in [0.25, 0.3) is 0 Å². The number of carbonyl (C=O) groups excluding carboxylic acids is 1. The Morgan fingerprint density at radius 1 is 1.63 bits per heavy atom. The minimum atomic E-state index is -0.940. The normalized spacial score (nSPS) is 20.3. The molecule has 1 saturated heterocycles. The van der Waals surface area contributed by atoms with Gasteiger partial charge in [0.1, 0.15) is 6.04 Å². The summed E-state index contributed by atoms with van der Waals surface area (Å²) < 4.78 is 0. The lowest BCUT2D eigenvalue weighted by molar-refractivity contribution is -0.140. The van der Waals surface area contributed by atoms with Crippen molar-refractivity contribution < 1.29 is 14.7 Å². The van der Waals surface area contributed by atoms with Gasteiger partial charge in [0.2, 0.25) is 0 Å². The molecule has 0 aromatic carbocycles. The summed E-state index contributed by atoms with van der Waals surface area (Å²) in [5.74, 6) is -0.0493. The monoisotopic (exact) mass is 300 g/mol. The molecule has 2 heterocycles. The van der Waals surface area contributed by atoms with E-state index in [1.807, 2.05) is 24.4 Å². The maximum absolute atomic E-state index is 12.2.